The number of hydrogen-bond donors (Lipinski definition) is 2. The molecule has 0 aliphatic heterocycles. The van der Waals surface area contributed by atoms with Crippen molar-refractivity contribution in [3.63, 3.8) is 0 Å². The van der Waals surface area contributed by atoms with Gasteiger partial charge in [-0.3, -0.25) is 14.8 Å². The van der Waals surface area contributed by atoms with Gasteiger partial charge in [0.1, 0.15) is 5.28 Å². The second-order valence-electron chi connectivity index (χ2n) is 7.27. The van der Waals surface area contributed by atoms with Gasteiger partial charge >= 0.3 is 0 Å². The fourth-order valence-corrected chi connectivity index (χ4v) is 7.02. The molecule has 1 amide bonds. The molecule has 0 heterocycles. The summed E-state index contributed by atoms with van der Waals surface area (Å²) >= 11 is 0. The summed E-state index contributed by atoms with van der Waals surface area (Å²) in [6, 6.07) is 26.2. The van der Waals surface area contributed by atoms with E-state index < -0.39 is 12.6 Å². The molecule has 0 saturated heterocycles. The van der Waals surface area contributed by atoms with E-state index in [9.17, 15) is 9.36 Å². The lowest BCUT2D eigenvalue weighted by Gasteiger charge is -2.38. The number of rotatable bonds is 7. The lowest BCUT2D eigenvalue weighted by molar-refractivity contribution is 0.0916. The van der Waals surface area contributed by atoms with Crippen LogP contribution >= 0.6 is 7.37 Å². The largest absolute Gasteiger partial charge is 0.324 e. The Morgan fingerprint density at radius 3 is 2.30 bits per heavy atom. The number of fused-ring (bicyclic) bond motifs is 1. The first-order chi connectivity index (χ1) is 14.6. The third-order valence-electron chi connectivity index (χ3n) is 5.55. The monoisotopic (exact) mass is 420 g/mol. The minimum absolute atomic E-state index is 0.282. The highest BCUT2D eigenvalue weighted by Crippen LogP contribution is 2.66. The van der Waals surface area contributed by atoms with Crippen molar-refractivity contribution in [3.8, 4) is 0 Å². The number of amides is 1. The summed E-state index contributed by atoms with van der Waals surface area (Å²) in [5.41, 5.74) is 8.53. The van der Waals surface area contributed by atoms with Crippen LogP contribution < -0.4 is 16.2 Å². The van der Waals surface area contributed by atoms with Gasteiger partial charge in [0.15, 0.2) is 0 Å². The minimum Gasteiger partial charge on any atom is -0.324 e. The normalized spacial score (nSPS) is 19.6. The number of benzene rings is 3. The van der Waals surface area contributed by atoms with E-state index in [2.05, 4.69) is 10.9 Å². The second kappa shape index (κ2) is 8.57. The molecule has 3 aromatic carbocycles. The third kappa shape index (κ3) is 3.50. The molecule has 0 fully saturated rings. The Bertz CT molecular complexity index is 1070. The molecule has 0 spiro atoms. The minimum atomic E-state index is -3.46. The van der Waals surface area contributed by atoms with Gasteiger partial charge in [0.25, 0.3) is 13.3 Å². The Balaban J connectivity index is 1.79. The van der Waals surface area contributed by atoms with Crippen molar-refractivity contribution in [2.45, 2.75) is 25.0 Å². The van der Waals surface area contributed by atoms with Crippen molar-refractivity contribution >= 4 is 18.6 Å². The zero-order chi connectivity index (χ0) is 21.0. The molecule has 5 nitrogen and oxygen atoms in total. The number of aryl methyl sites for hydroxylation is 1. The Morgan fingerprint density at radius 2 is 1.60 bits per heavy atom. The predicted molar refractivity (Wildman–Crippen MR) is 119 cm³/mol. The van der Waals surface area contributed by atoms with Crippen molar-refractivity contribution in [1.29, 1.82) is 0 Å². The van der Waals surface area contributed by atoms with Crippen molar-refractivity contribution in [3.05, 3.63) is 102 Å². The van der Waals surface area contributed by atoms with Crippen LogP contribution in [0.25, 0.3) is 0 Å². The fraction of sp³-hybridized carbons (Fsp3) is 0.208. The van der Waals surface area contributed by atoms with Crippen LogP contribution in [-0.2, 0) is 20.8 Å². The van der Waals surface area contributed by atoms with Crippen LogP contribution in [0.1, 0.15) is 34.8 Å². The Labute approximate surface area is 176 Å². The van der Waals surface area contributed by atoms with E-state index >= 15 is 0 Å². The molecule has 6 heteroatoms. The van der Waals surface area contributed by atoms with Crippen LogP contribution in [-0.4, -0.2) is 12.5 Å². The van der Waals surface area contributed by atoms with Crippen LogP contribution in [0.2, 0.25) is 0 Å². The molecule has 30 heavy (non-hydrogen) atoms. The SMILES string of the molecule is CCOP(=O)(c1ccccc1)C1(NNC(=O)c2ccccc2)CCc2ccccc21. The van der Waals surface area contributed by atoms with Crippen molar-refractivity contribution in [2.24, 2.45) is 0 Å². The zero-order valence-corrected chi connectivity index (χ0v) is 17.8. The van der Waals surface area contributed by atoms with Gasteiger partial charge in [-0.15, -0.1) is 0 Å². The van der Waals surface area contributed by atoms with E-state index in [0.717, 1.165) is 17.5 Å². The van der Waals surface area contributed by atoms with Gasteiger partial charge in [-0.25, -0.2) is 5.43 Å². The van der Waals surface area contributed by atoms with Crippen LogP contribution in [0.3, 0.4) is 0 Å². The van der Waals surface area contributed by atoms with E-state index in [4.69, 9.17) is 4.52 Å². The molecule has 0 bridgehead atoms. The molecule has 2 atom stereocenters. The molecule has 1 aliphatic carbocycles. The average Bonchev–Trinajstić information content (AvgIpc) is 3.19. The van der Waals surface area contributed by atoms with Crippen LogP contribution in [0.15, 0.2) is 84.9 Å². The summed E-state index contributed by atoms with van der Waals surface area (Å²) in [4.78, 5) is 12.8. The van der Waals surface area contributed by atoms with E-state index in [0.29, 0.717) is 23.9 Å². The summed E-state index contributed by atoms with van der Waals surface area (Å²) < 4.78 is 20.7. The van der Waals surface area contributed by atoms with Gasteiger partial charge < -0.3 is 4.52 Å². The number of hydrazine groups is 1. The second-order valence-corrected chi connectivity index (χ2v) is 9.91. The third-order valence-corrected chi connectivity index (χ3v) is 8.73. The van der Waals surface area contributed by atoms with Crippen molar-refractivity contribution < 1.29 is 13.9 Å². The van der Waals surface area contributed by atoms with Gasteiger partial charge in [0, 0.05) is 10.9 Å². The first-order valence-electron chi connectivity index (χ1n) is 10.1. The van der Waals surface area contributed by atoms with Crippen LogP contribution in [0, 0.1) is 0 Å². The molecule has 0 saturated carbocycles. The molecular weight excluding hydrogens is 395 g/mol. The summed E-state index contributed by atoms with van der Waals surface area (Å²) in [5, 5.41) is -0.421. The Kier molecular flexibility index (Phi) is 5.87. The highest BCUT2D eigenvalue weighted by atomic mass is 31.2. The molecule has 2 unspecified atom stereocenters. The summed E-state index contributed by atoms with van der Waals surface area (Å²) in [6.45, 7) is 2.14. The highest BCUT2D eigenvalue weighted by molar-refractivity contribution is 7.68. The van der Waals surface area contributed by atoms with Gasteiger partial charge in [-0.2, -0.15) is 0 Å². The van der Waals surface area contributed by atoms with Crippen molar-refractivity contribution in [2.75, 3.05) is 6.61 Å². The van der Waals surface area contributed by atoms with Crippen LogP contribution in [0.4, 0.5) is 0 Å². The molecular formula is C24H25N2O3P. The van der Waals surface area contributed by atoms with E-state index in [-0.39, 0.29) is 5.91 Å². The number of carbonyl (C=O) groups is 1. The molecule has 1 aliphatic rings. The molecule has 0 radical (unpaired) electrons. The first kappa shape index (κ1) is 20.5. The van der Waals surface area contributed by atoms with Gasteiger partial charge in [0.2, 0.25) is 0 Å². The number of nitrogens with one attached hydrogen (secondary N) is 2. The lowest BCUT2D eigenvalue weighted by atomic mass is 10.1. The maximum atomic E-state index is 14.6. The maximum absolute atomic E-state index is 14.6. The highest BCUT2D eigenvalue weighted by Gasteiger charge is 2.55. The van der Waals surface area contributed by atoms with Crippen molar-refractivity contribution in [1.82, 2.24) is 10.9 Å². The summed E-state index contributed by atoms with van der Waals surface area (Å²) in [6.07, 6.45) is 1.29. The molecule has 4 rings (SSSR count). The Morgan fingerprint density at radius 1 is 0.967 bits per heavy atom. The molecule has 0 aromatic heterocycles. The van der Waals surface area contributed by atoms with Gasteiger partial charge in [-0.05, 0) is 55.2 Å². The fourth-order valence-electron chi connectivity index (χ4n) is 4.13. The van der Waals surface area contributed by atoms with Gasteiger partial charge in [-0.1, -0.05) is 60.7 Å². The number of carbonyl (C=O) groups excluding carboxylic acids is 1. The topological polar surface area (TPSA) is 67.4 Å². The summed E-state index contributed by atoms with van der Waals surface area (Å²) in [7, 11) is -3.46. The summed E-state index contributed by atoms with van der Waals surface area (Å²) in [5.74, 6) is -0.282. The van der Waals surface area contributed by atoms with E-state index in [1.807, 2.05) is 79.7 Å². The molecule has 2 N–H and O–H groups in total. The van der Waals surface area contributed by atoms with E-state index in [1.165, 1.54) is 0 Å². The quantitative estimate of drug-likeness (QED) is 0.440. The standard InChI is InChI=1S/C24H25N2O3P/c1-2-29-30(28,21-14-7-4-8-15-21)24(18-17-19-11-9-10-16-22(19)24)26-25-23(27)20-12-5-3-6-13-20/h3-16,26H,2,17-18H2,1H3,(H,25,27). The smallest absolute Gasteiger partial charge is 0.265 e. The Hall–Kier alpha value is -2.72. The van der Waals surface area contributed by atoms with Gasteiger partial charge in [0.05, 0.1) is 6.61 Å². The predicted octanol–water partition coefficient (Wildman–Crippen LogP) is 4.36. The van der Waals surface area contributed by atoms with Crippen LogP contribution in [0.5, 0.6) is 0 Å². The molecule has 154 valence electrons. The number of hydrogen-bond acceptors (Lipinski definition) is 4. The molecule has 3 aromatic rings. The zero-order valence-electron chi connectivity index (χ0n) is 16.9. The maximum Gasteiger partial charge on any atom is 0.265 e. The average molecular weight is 420 g/mol. The lowest BCUT2D eigenvalue weighted by Crippen LogP contribution is -2.52. The van der Waals surface area contributed by atoms with E-state index in [1.54, 1.807) is 12.1 Å². The first-order valence-corrected chi connectivity index (χ1v) is 11.7.